The van der Waals surface area contributed by atoms with Crippen molar-refractivity contribution in [3.63, 3.8) is 0 Å². The molecule has 0 saturated carbocycles. The summed E-state index contributed by atoms with van der Waals surface area (Å²) in [6.07, 6.45) is -0.743. The third-order valence-corrected chi connectivity index (χ3v) is 6.02. The summed E-state index contributed by atoms with van der Waals surface area (Å²) >= 11 is 0. The number of benzene rings is 3. The molecule has 4 rings (SSSR count). The van der Waals surface area contributed by atoms with Crippen molar-refractivity contribution in [1.82, 2.24) is 15.0 Å². The summed E-state index contributed by atoms with van der Waals surface area (Å²) in [5.41, 5.74) is 0.352. The second-order valence-electron chi connectivity index (χ2n) is 9.32. The van der Waals surface area contributed by atoms with Crippen molar-refractivity contribution in [2.24, 2.45) is 0 Å². The van der Waals surface area contributed by atoms with E-state index in [1.54, 1.807) is 0 Å². The van der Waals surface area contributed by atoms with Gasteiger partial charge in [-0.15, -0.1) is 0 Å². The minimum Gasteiger partial charge on any atom is -1.00 e. The second kappa shape index (κ2) is 21.9. The number of aromatic hydroxyl groups is 3. The molecule has 0 aliphatic heterocycles. The largest absolute Gasteiger partial charge is 1.00 e. The van der Waals surface area contributed by atoms with Crippen LogP contribution < -0.4 is 168 Å². The predicted molar refractivity (Wildman–Crippen MR) is 158 cm³/mol. The number of ether oxygens (including phenoxy) is 3. The van der Waals surface area contributed by atoms with E-state index in [-0.39, 0.29) is 266 Å². The molecule has 4 aromatic rings. The Labute approximate surface area is 405 Å². The third-order valence-electron chi connectivity index (χ3n) is 6.02. The van der Waals surface area contributed by atoms with Gasteiger partial charge in [0.05, 0.1) is 55.8 Å². The molecule has 48 heavy (non-hydrogen) atoms. The van der Waals surface area contributed by atoms with Crippen LogP contribution in [0.25, 0.3) is 34.2 Å². The fraction of sp³-hybridized carbons (Fsp3) is 0.200. The summed E-state index contributed by atoms with van der Waals surface area (Å²) in [5.74, 6) is -3.70. The van der Waals surface area contributed by atoms with Gasteiger partial charge in [-0.25, -0.2) is 15.0 Å². The molecule has 1 aromatic heterocycles. The van der Waals surface area contributed by atoms with E-state index in [0.29, 0.717) is 0 Å². The number of carbonyl (C=O) groups is 3. The molecule has 0 aliphatic rings. The van der Waals surface area contributed by atoms with E-state index in [1.165, 1.54) is 54.6 Å². The molecule has 0 amide bonds. The van der Waals surface area contributed by atoms with Crippen LogP contribution in [0.2, 0.25) is 0 Å². The van der Waals surface area contributed by atoms with Gasteiger partial charge in [-0.2, -0.15) is 0 Å². The molecule has 0 radical (unpaired) electrons. The first-order valence-electron chi connectivity index (χ1n) is 13.3. The summed E-state index contributed by atoms with van der Waals surface area (Å²) in [6.45, 7) is -0.379. The van der Waals surface area contributed by atoms with Crippen LogP contribution >= 0.6 is 0 Å². The van der Waals surface area contributed by atoms with Gasteiger partial charge >= 0.3 is 172 Å². The number of hydrogen-bond acceptors (Lipinski definition) is 12. The van der Waals surface area contributed by atoms with Crippen molar-refractivity contribution in [3.8, 4) is 68.7 Å². The quantitative estimate of drug-likeness (QED) is 0.0625. The minimum absolute atomic E-state index is 0. The maximum atomic E-state index is 10.8. The molecule has 15 nitrogen and oxygen atoms in total. The maximum Gasteiger partial charge on any atom is 1.00 e. The Bertz CT molecular complexity index is 1550. The van der Waals surface area contributed by atoms with Crippen molar-refractivity contribution in [2.75, 3.05) is 19.8 Å². The van der Waals surface area contributed by atoms with Crippen LogP contribution in [0.4, 0.5) is 0 Å². The molecule has 0 aliphatic carbocycles. The van der Waals surface area contributed by atoms with Crippen molar-refractivity contribution in [1.29, 1.82) is 0 Å². The smallest absolute Gasteiger partial charge is 1.00 e. The number of phenols is 3. The zero-order valence-corrected chi connectivity index (χ0v) is 35.8. The third kappa shape index (κ3) is 13.5. The monoisotopic (exact) mass is 741 g/mol. The van der Waals surface area contributed by atoms with Crippen molar-refractivity contribution < 1.29 is 218 Å². The maximum absolute atomic E-state index is 10.8. The molecule has 3 aromatic carbocycles. The fourth-order valence-electron chi connectivity index (χ4n) is 3.88. The molecule has 0 spiro atoms. The van der Waals surface area contributed by atoms with Gasteiger partial charge in [-0.1, -0.05) is 0 Å². The number of hydrogen-bond donors (Lipinski definition) is 6. The number of phenolic OH excluding ortho intramolecular Hbond substituents is 3. The van der Waals surface area contributed by atoms with Crippen LogP contribution in [-0.4, -0.2) is 83.3 Å². The summed E-state index contributed by atoms with van der Waals surface area (Å²) in [7, 11) is 0. The molecule has 18 heteroatoms. The summed E-state index contributed by atoms with van der Waals surface area (Å²) < 4.78 is 16.1. The van der Waals surface area contributed by atoms with Gasteiger partial charge in [-0.05, 0) is 36.4 Å². The van der Waals surface area contributed by atoms with Crippen molar-refractivity contribution >= 4 is 17.9 Å². The van der Waals surface area contributed by atoms with E-state index in [4.69, 9.17) is 29.5 Å². The van der Waals surface area contributed by atoms with Crippen LogP contribution in [0.1, 0.15) is 23.5 Å². The minimum atomic E-state index is -1.05. The van der Waals surface area contributed by atoms with Crippen LogP contribution in [0, 0.1) is 0 Å². The summed E-state index contributed by atoms with van der Waals surface area (Å²) in [6, 6.07) is 12.5. The Morgan fingerprint density at radius 3 is 0.958 bits per heavy atom. The molecule has 0 atom stereocenters. The van der Waals surface area contributed by atoms with E-state index in [2.05, 4.69) is 15.0 Å². The van der Waals surface area contributed by atoms with Gasteiger partial charge in [-0.3, -0.25) is 14.4 Å². The number of aromatic nitrogens is 3. The average Bonchev–Trinajstić information content (AvgIpc) is 2.96. The molecule has 0 bridgehead atoms. The average molecular weight is 742 g/mol. The van der Waals surface area contributed by atoms with Crippen molar-refractivity contribution in [2.45, 2.75) is 19.3 Å². The van der Waals surface area contributed by atoms with Gasteiger partial charge in [0, 0.05) is 18.2 Å². The SMILES string of the molecule is O=C(O)CCOc1ccc(-c2nc(-c3ccc(OCCC(=O)O)cc3O)nc(-c3ccc(OCCC(=O)O)cc3O)n2)c(O)c1.[H-].[H-].[H-].[K+].[K+].[K+]. The molecular formula is C30H30K3N3O12. The first-order valence-corrected chi connectivity index (χ1v) is 13.3. The van der Waals surface area contributed by atoms with Crippen LogP contribution in [0.3, 0.4) is 0 Å². The molecule has 0 fully saturated rings. The first kappa shape index (κ1) is 44.8. The molecule has 6 N–H and O–H groups in total. The zero-order chi connectivity index (χ0) is 32.5. The van der Waals surface area contributed by atoms with E-state index in [0.717, 1.165) is 0 Å². The second-order valence-corrected chi connectivity index (χ2v) is 9.32. The summed E-state index contributed by atoms with van der Waals surface area (Å²) in [4.78, 5) is 45.6. The van der Waals surface area contributed by atoms with Crippen LogP contribution in [0.5, 0.6) is 34.5 Å². The summed E-state index contributed by atoms with van der Waals surface area (Å²) in [5, 5.41) is 58.8. The normalized spacial score (nSPS) is 10.0. The van der Waals surface area contributed by atoms with Gasteiger partial charge in [0.15, 0.2) is 17.5 Å². The standard InChI is InChI=1S/C30H27N3O12.3K.3H/c34-22-13-16(43-10-7-25(37)38)1-4-19(22)28-31-29(20-5-2-17(14-23(20)35)44-11-8-26(39)40)33-30(32-28)21-6-3-18(15-24(21)36)45-12-9-27(41)42;;;;;;/h1-6,13-15,34-36H,7-12H2,(H,37,38)(H,39,40)(H,41,42);;;;;;/q;3*+1;3*-1. The molecule has 240 valence electrons. The Morgan fingerprint density at radius 1 is 0.500 bits per heavy atom. The number of aliphatic carboxylic acids is 3. The first-order chi connectivity index (χ1) is 21.5. The van der Waals surface area contributed by atoms with E-state index >= 15 is 0 Å². The Morgan fingerprint density at radius 2 is 0.750 bits per heavy atom. The molecule has 0 unspecified atom stereocenters. The van der Waals surface area contributed by atoms with Crippen LogP contribution in [0.15, 0.2) is 54.6 Å². The number of nitrogens with zero attached hydrogens (tertiary/aromatic N) is 3. The molecular weight excluding hydrogens is 712 g/mol. The van der Waals surface area contributed by atoms with Gasteiger partial charge < -0.3 is 49.1 Å². The Kier molecular flexibility index (Phi) is 20.4. The van der Waals surface area contributed by atoms with E-state index < -0.39 is 17.9 Å². The number of carboxylic acids is 3. The Hall–Kier alpha value is -1.21. The Balaban J connectivity index is -0.00000384. The number of carboxylic acid groups (broad SMARTS) is 3. The van der Waals surface area contributed by atoms with Gasteiger partial charge in [0.2, 0.25) is 0 Å². The van der Waals surface area contributed by atoms with Gasteiger partial charge in [0.1, 0.15) is 34.5 Å². The topological polar surface area (TPSA) is 239 Å². The van der Waals surface area contributed by atoms with E-state index in [1.807, 2.05) is 0 Å². The fourth-order valence-corrected chi connectivity index (χ4v) is 3.88. The molecule has 1 heterocycles. The number of rotatable bonds is 15. The van der Waals surface area contributed by atoms with Gasteiger partial charge in [0.25, 0.3) is 0 Å². The predicted octanol–water partition coefficient (Wildman–Crippen LogP) is -5.10. The van der Waals surface area contributed by atoms with E-state index in [9.17, 15) is 29.7 Å². The zero-order valence-electron chi connectivity index (χ0n) is 29.4. The van der Waals surface area contributed by atoms with Crippen LogP contribution in [-0.2, 0) is 14.4 Å². The van der Waals surface area contributed by atoms with Crippen molar-refractivity contribution in [3.05, 3.63) is 54.6 Å². The molecule has 0 saturated heterocycles.